The number of methoxy groups -OCH3 is 1. The van der Waals surface area contributed by atoms with Crippen LogP contribution in [0.5, 0.6) is 5.75 Å². The average Bonchev–Trinajstić information content (AvgIpc) is 3.45. The van der Waals surface area contributed by atoms with Gasteiger partial charge in [0.15, 0.2) is 5.82 Å². The van der Waals surface area contributed by atoms with Crippen molar-refractivity contribution in [3.05, 3.63) is 41.7 Å². The molecule has 0 spiro atoms. The lowest BCUT2D eigenvalue weighted by Crippen LogP contribution is -2.42. The first-order valence-corrected chi connectivity index (χ1v) is 11.8. The topological polar surface area (TPSA) is 115 Å². The third-order valence-electron chi connectivity index (χ3n) is 6.55. The Balaban J connectivity index is 1.60. The molecule has 1 aliphatic heterocycles. The van der Waals surface area contributed by atoms with E-state index in [1.807, 2.05) is 0 Å². The second-order valence-corrected chi connectivity index (χ2v) is 9.34. The summed E-state index contributed by atoms with van der Waals surface area (Å²) < 4.78 is 100. The van der Waals surface area contributed by atoms with Crippen molar-refractivity contribution in [2.75, 3.05) is 25.9 Å². The van der Waals surface area contributed by atoms with Gasteiger partial charge in [-0.15, -0.1) is 0 Å². The quantitative estimate of drug-likeness (QED) is 0.431. The first kappa shape index (κ1) is 28.9. The van der Waals surface area contributed by atoms with Crippen molar-refractivity contribution >= 4 is 23.1 Å². The first-order valence-electron chi connectivity index (χ1n) is 11.8. The Hall–Kier alpha value is -4.11. The van der Waals surface area contributed by atoms with Crippen LogP contribution >= 0.6 is 0 Å². The van der Waals surface area contributed by atoms with Gasteiger partial charge >= 0.3 is 12.4 Å². The zero-order valence-electron chi connectivity index (χ0n) is 21.0. The molecule has 2 amide bonds. The molecule has 9 nitrogen and oxygen atoms in total. The molecule has 3 atom stereocenters. The van der Waals surface area contributed by atoms with Crippen molar-refractivity contribution in [3.63, 3.8) is 0 Å². The number of amides is 2. The molecule has 0 aliphatic carbocycles. The number of halogens is 7. The monoisotopic (exact) mass is 576 g/mol. The Morgan fingerprint density at radius 3 is 2.48 bits per heavy atom. The molecule has 3 heterocycles. The largest absolute Gasteiger partial charge is 0.497 e. The molecule has 1 unspecified atom stereocenters. The van der Waals surface area contributed by atoms with E-state index in [4.69, 9.17) is 10.5 Å². The SMILES string of the molecule is COc1cc(C(=O)N[C@@H]2CN(C(=O)CC(C)C(F)(F)F)C[C@@H]2F)cc(-c2cc(C(F)(F)F)c3c(N)ncnn23)c1. The number of hydrogen-bond donors (Lipinski definition) is 2. The minimum Gasteiger partial charge on any atom is -0.497 e. The maximum atomic E-state index is 14.7. The van der Waals surface area contributed by atoms with Crippen LogP contribution in [0.2, 0.25) is 0 Å². The molecule has 3 N–H and O–H groups in total. The van der Waals surface area contributed by atoms with E-state index in [0.717, 1.165) is 28.7 Å². The van der Waals surface area contributed by atoms with Gasteiger partial charge in [0.1, 0.15) is 23.8 Å². The van der Waals surface area contributed by atoms with Gasteiger partial charge in [-0.25, -0.2) is 13.9 Å². The highest BCUT2D eigenvalue weighted by Crippen LogP contribution is 2.39. The number of alkyl halides is 7. The normalized spacial score (nSPS) is 18.7. The molecular weight excluding hydrogens is 553 g/mol. The van der Waals surface area contributed by atoms with Gasteiger partial charge in [-0.1, -0.05) is 6.92 Å². The zero-order chi connectivity index (χ0) is 29.6. The van der Waals surface area contributed by atoms with Crippen LogP contribution in [-0.4, -0.2) is 69.9 Å². The van der Waals surface area contributed by atoms with Gasteiger partial charge in [0.25, 0.3) is 5.91 Å². The van der Waals surface area contributed by atoms with Crippen LogP contribution in [-0.2, 0) is 11.0 Å². The second kappa shape index (κ2) is 10.5. The second-order valence-electron chi connectivity index (χ2n) is 9.34. The summed E-state index contributed by atoms with van der Waals surface area (Å²) in [6.07, 6.45) is -11.1. The number of carbonyl (C=O) groups excluding carboxylic acids is 2. The minimum absolute atomic E-state index is 0.0780. The van der Waals surface area contributed by atoms with Crippen molar-refractivity contribution in [1.82, 2.24) is 24.8 Å². The van der Waals surface area contributed by atoms with Gasteiger partial charge in [-0.2, -0.15) is 31.4 Å². The summed E-state index contributed by atoms with van der Waals surface area (Å²) in [6.45, 7) is -0.0242. The summed E-state index contributed by atoms with van der Waals surface area (Å²) in [5.41, 5.74) is 3.95. The van der Waals surface area contributed by atoms with E-state index in [2.05, 4.69) is 15.4 Å². The molecule has 0 radical (unpaired) electrons. The molecule has 1 aromatic carbocycles. The smallest absolute Gasteiger partial charge is 0.418 e. The average molecular weight is 576 g/mol. The minimum atomic E-state index is -4.80. The summed E-state index contributed by atoms with van der Waals surface area (Å²) in [5, 5.41) is 6.26. The molecular formula is C24H23F7N6O3. The molecule has 1 fully saturated rings. The summed E-state index contributed by atoms with van der Waals surface area (Å²) in [4.78, 5) is 29.8. The lowest BCUT2D eigenvalue weighted by atomic mass is 10.1. The number of nitrogens with two attached hydrogens (primary N) is 1. The van der Waals surface area contributed by atoms with Gasteiger partial charge in [-0.3, -0.25) is 9.59 Å². The van der Waals surface area contributed by atoms with Crippen molar-refractivity contribution in [3.8, 4) is 17.0 Å². The maximum absolute atomic E-state index is 14.7. The Morgan fingerprint density at radius 1 is 1.15 bits per heavy atom. The highest BCUT2D eigenvalue weighted by atomic mass is 19.4. The van der Waals surface area contributed by atoms with Crippen LogP contribution in [0.25, 0.3) is 16.8 Å². The maximum Gasteiger partial charge on any atom is 0.418 e. The van der Waals surface area contributed by atoms with Gasteiger partial charge in [0.2, 0.25) is 5.91 Å². The fourth-order valence-corrected chi connectivity index (χ4v) is 4.35. The third kappa shape index (κ3) is 5.74. The number of nitrogens with one attached hydrogen (secondary N) is 1. The van der Waals surface area contributed by atoms with Crippen LogP contribution in [0, 0.1) is 5.92 Å². The van der Waals surface area contributed by atoms with Gasteiger partial charge < -0.3 is 20.7 Å². The Morgan fingerprint density at radius 2 is 1.85 bits per heavy atom. The van der Waals surface area contributed by atoms with Crippen LogP contribution < -0.4 is 15.8 Å². The predicted octanol–water partition coefficient (Wildman–Crippen LogP) is 3.87. The fourth-order valence-electron chi connectivity index (χ4n) is 4.35. The molecule has 216 valence electrons. The van der Waals surface area contributed by atoms with E-state index in [9.17, 15) is 40.3 Å². The molecule has 16 heteroatoms. The highest BCUT2D eigenvalue weighted by molar-refractivity contribution is 5.96. The third-order valence-corrected chi connectivity index (χ3v) is 6.55. The number of rotatable bonds is 6. The number of hydrogen-bond acceptors (Lipinski definition) is 6. The van der Waals surface area contributed by atoms with Crippen molar-refractivity contribution in [2.45, 2.75) is 37.9 Å². The number of carbonyl (C=O) groups is 2. The van der Waals surface area contributed by atoms with Gasteiger partial charge in [0, 0.05) is 24.1 Å². The lowest BCUT2D eigenvalue weighted by molar-refractivity contribution is -0.176. The highest BCUT2D eigenvalue weighted by Gasteiger charge is 2.41. The Kier molecular flexibility index (Phi) is 7.56. The van der Waals surface area contributed by atoms with E-state index in [-0.39, 0.29) is 29.1 Å². The number of nitrogens with zero attached hydrogens (tertiary/aromatic N) is 4. The number of benzene rings is 1. The summed E-state index contributed by atoms with van der Waals surface area (Å²) in [6, 6.07) is 3.40. The van der Waals surface area contributed by atoms with E-state index >= 15 is 0 Å². The van der Waals surface area contributed by atoms with E-state index in [1.165, 1.54) is 25.3 Å². The van der Waals surface area contributed by atoms with Crippen LogP contribution in [0.15, 0.2) is 30.6 Å². The number of nitrogen functional groups attached to an aromatic ring is 1. The fraction of sp³-hybridized carbons (Fsp3) is 0.417. The van der Waals surface area contributed by atoms with Gasteiger partial charge in [0.05, 0.1) is 36.9 Å². The summed E-state index contributed by atoms with van der Waals surface area (Å²) >= 11 is 0. The molecule has 4 rings (SSSR count). The molecule has 0 saturated carbocycles. The van der Waals surface area contributed by atoms with E-state index < -0.39 is 72.2 Å². The molecule has 1 aliphatic rings. The van der Waals surface area contributed by atoms with Crippen LogP contribution in [0.4, 0.5) is 36.6 Å². The van der Waals surface area contributed by atoms with E-state index in [0.29, 0.717) is 0 Å². The summed E-state index contributed by atoms with van der Waals surface area (Å²) in [7, 11) is 1.26. The van der Waals surface area contributed by atoms with Crippen molar-refractivity contribution in [1.29, 1.82) is 0 Å². The van der Waals surface area contributed by atoms with Gasteiger partial charge in [-0.05, 0) is 24.3 Å². The molecule has 40 heavy (non-hydrogen) atoms. The number of fused-ring (bicyclic) bond motifs is 1. The molecule has 3 aromatic rings. The molecule has 0 bridgehead atoms. The van der Waals surface area contributed by atoms with Crippen molar-refractivity contribution in [2.24, 2.45) is 5.92 Å². The Labute approximate surface area is 222 Å². The van der Waals surface area contributed by atoms with Crippen LogP contribution in [0.1, 0.15) is 29.3 Å². The standard InChI is InChI=1S/C24H23F7N6O3/c1-11(23(26,27)28)3-19(38)36-8-16(25)17(9-36)35-22(39)13-4-12(5-14(6-13)40-2)18-7-15(24(29,30)31)20-21(32)33-10-34-37(18)20/h4-7,10-11,16-17H,3,8-9H2,1-2H3,(H,35,39)(H2,32,33,34)/t11?,16-,17+/m0/s1. The number of ether oxygens (including phenoxy) is 1. The number of aromatic nitrogens is 3. The molecule has 1 saturated heterocycles. The summed E-state index contributed by atoms with van der Waals surface area (Å²) in [5.74, 6) is -4.03. The predicted molar refractivity (Wildman–Crippen MR) is 127 cm³/mol. The lowest BCUT2D eigenvalue weighted by Gasteiger charge is -2.20. The Bertz CT molecular complexity index is 1440. The van der Waals surface area contributed by atoms with Crippen LogP contribution in [0.3, 0.4) is 0 Å². The zero-order valence-corrected chi connectivity index (χ0v) is 21.0. The van der Waals surface area contributed by atoms with Crippen molar-refractivity contribution < 1.29 is 45.1 Å². The number of anilines is 1. The molecule has 2 aromatic heterocycles. The van der Waals surface area contributed by atoms with E-state index in [1.54, 1.807) is 0 Å². The number of likely N-dealkylation sites (tertiary alicyclic amines) is 1. The first-order chi connectivity index (χ1) is 18.6.